The van der Waals surface area contributed by atoms with Gasteiger partial charge >= 0.3 is 0 Å². The summed E-state index contributed by atoms with van der Waals surface area (Å²) in [7, 11) is 0. The third-order valence-corrected chi connectivity index (χ3v) is 1.89. The summed E-state index contributed by atoms with van der Waals surface area (Å²) in [6, 6.07) is 1.64. The van der Waals surface area contributed by atoms with E-state index in [9.17, 15) is 9.59 Å². The molecule has 1 rings (SSSR count). The summed E-state index contributed by atoms with van der Waals surface area (Å²) >= 11 is 0. The van der Waals surface area contributed by atoms with Crippen LogP contribution in [0.15, 0.2) is 0 Å². The van der Waals surface area contributed by atoms with Gasteiger partial charge < -0.3 is 4.79 Å². The van der Waals surface area contributed by atoms with Crippen molar-refractivity contribution < 1.29 is 9.59 Å². The Balaban J connectivity index is 2.56. The van der Waals surface area contributed by atoms with Crippen molar-refractivity contribution in [2.24, 2.45) is 5.92 Å². The van der Waals surface area contributed by atoms with Gasteiger partial charge in [-0.05, 0) is 6.42 Å². The number of carbonyl (C=O) groups is 2. The normalized spacial score (nSPS) is 29.2. The molecule has 5 heteroatoms. The highest BCUT2D eigenvalue weighted by atomic mass is 16.1. The van der Waals surface area contributed by atoms with Gasteiger partial charge in [0, 0.05) is 12.5 Å². The van der Waals surface area contributed by atoms with Crippen molar-refractivity contribution in [3.8, 4) is 6.07 Å². The number of rotatable bonds is 3. The first kappa shape index (κ1) is 8.68. The number of amides is 1. The molecule has 1 heterocycles. The van der Waals surface area contributed by atoms with Crippen LogP contribution in [0.3, 0.4) is 0 Å². The van der Waals surface area contributed by atoms with Crippen LogP contribution in [0.5, 0.6) is 0 Å². The maximum atomic E-state index is 10.4. The van der Waals surface area contributed by atoms with Gasteiger partial charge in [0.1, 0.15) is 12.3 Å². The minimum atomic E-state index is -0.370. The van der Waals surface area contributed by atoms with Gasteiger partial charge in [0.25, 0.3) is 0 Å². The summed E-state index contributed by atoms with van der Waals surface area (Å²) in [6.45, 7) is 0.431. The van der Waals surface area contributed by atoms with Gasteiger partial charge in [-0.2, -0.15) is 5.26 Å². The lowest BCUT2D eigenvalue weighted by Gasteiger charge is -2.15. The zero-order chi connectivity index (χ0) is 8.97. The molecule has 64 valence electrons. The van der Waals surface area contributed by atoms with Crippen molar-refractivity contribution in [3.05, 3.63) is 0 Å². The molecule has 0 bridgehead atoms. The van der Waals surface area contributed by atoms with E-state index < -0.39 is 0 Å². The molecule has 1 saturated heterocycles. The minimum Gasteiger partial charge on any atom is -0.303 e. The second-order valence-electron chi connectivity index (χ2n) is 2.68. The summed E-state index contributed by atoms with van der Waals surface area (Å²) in [6.07, 6.45) is 1.83. The molecule has 1 amide bonds. The van der Waals surface area contributed by atoms with Gasteiger partial charge in [-0.3, -0.25) is 10.2 Å². The van der Waals surface area contributed by atoms with Crippen LogP contribution in [-0.4, -0.2) is 30.3 Å². The quantitative estimate of drug-likeness (QED) is 0.550. The molecule has 0 aromatic rings. The van der Waals surface area contributed by atoms with E-state index in [2.05, 4.69) is 5.43 Å². The van der Waals surface area contributed by atoms with E-state index in [4.69, 9.17) is 5.26 Å². The van der Waals surface area contributed by atoms with Gasteiger partial charge in [-0.25, -0.2) is 5.01 Å². The van der Waals surface area contributed by atoms with E-state index in [0.717, 1.165) is 6.29 Å². The Morgan fingerprint density at radius 2 is 2.33 bits per heavy atom. The second-order valence-corrected chi connectivity index (χ2v) is 2.68. The Kier molecular flexibility index (Phi) is 2.77. The van der Waals surface area contributed by atoms with Crippen molar-refractivity contribution >= 4 is 12.7 Å². The van der Waals surface area contributed by atoms with Crippen LogP contribution in [-0.2, 0) is 9.59 Å². The molecule has 2 unspecified atom stereocenters. The molecule has 0 aliphatic carbocycles. The van der Waals surface area contributed by atoms with E-state index in [1.165, 1.54) is 5.01 Å². The molecular formula is C7H9N3O2. The number of hydrazine groups is 1. The van der Waals surface area contributed by atoms with Crippen molar-refractivity contribution in [2.75, 3.05) is 6.54 Å². The van der Waals surface area contributed by atoms with Crippen LogP contribution < -0.4 is 5.43 Å². The first-order chi connectivity index (χ1) is 5.81. The van der Waals surface area contributed by atoms with Gasteiger partial charge in [0.15, 0.2) is 0 Å². The van der Waals surface area contributed by atoms with E-state index in [1.54, 1.807) is 0 Å². The van der Waals surface area contributed by atoms with Crippen molar-refractivity contribution in [1.82, 2.24) is 10.4 Å². The Labute approximate surface area is 69.9 Å². The highest BCUT2D eigenvalue weighted by molar-refractivity contribution is 5.55. The molecule has 12 heavy (non-hydrogen) atoms. The zero-order valence-electron chi connectivity index (χ0n) is 6.43. The van der Waals surface area contributed by atoms with Crippen molar-refractivity contribution in [1.29, 1.82) is 5.26 Å². The predicted molar refractivity (Wildman–Crippen MR) is 39.5 cm³/mol. The smallest absolute Gasteiger partial charge is 0.221 e. The fraction of sp³-hybridized carbons (Fsp3) is 0.571. The highest BCUT2D eigenvalue weighted by Crippen LogP contribution is 2.18. The molecule has 0 saturated carbocycles. The molecular weight excluding hydrogens is 158 g/mol. The largest absolute Gasteiger partial charge is 0.303 e. The van der Waals surface area contributed by atoms with Gasteiger partial charge in [-0.1, -0.05) is 0 Å². The monoisotopic (exact) mass is 167 g/mol. The summed E-state index contributed by atoms with van der Waals surface area (Å²) in [5.41, 5.74) is 2.38. The van der Waals surface area contributed by atoms with Crippen LogP contribution in [0.25, 0.3) is 0 Å². The summed E-state index contributed by atoms with van der Waals surface area (Å²) in [4.78, 5) is 20.4. The number of carbonyl (C=O) groups excluding carboxylic acids is 2. The summed E-state index contributed by atoms with van der Waals surface area (Å²) < 4.78 is 0. The predicted octanol–water partition coefficient (Wildman–Crippen LogP) is -0.940. The number of nitrogens with one attached hydrogen (secondary N) is 1. The molecule has 0 radical (unpaired) electrons. The van der Waals surface area contributed by atoms with E-state index in [1.807, 2.05) is 6.07 Å². The van der Waals surface area contributed by atoms with Crippen molar-refractivity contribution in [2.45, 2.75) is 12.5 Å². The van der Waals surface area contributed by atoms with E-state index >= 15 is 0 Å². The fourth-order valence-corrected chi connectivity index (χ4v) is 1.30. The minimum absolute atomic E-state index is 0.137. The highest BCUT2D eigenvalue weighted by Gasteiger charge is 2.31. The standard InChI is InChI=1S/C7H9N3O2/c8-2-7-1-6(4-11)3-10(7)9-5-12/h4-7H,1,3H2,(H,9,12). The van der Waals surface area contributed by atoms with Crippen LogP contribution in [0.1, 0.15) is 6.42 Å². The molecule has 1 aliphatic rings. The maximum absolute atomic E-state index is 10.4. The van der Waals surface area contributed by atoms with Gasteiger partial charge in [-0.15, -0.1) is 0 Å². The average Bonchev–Trinajstić information content (AvgIpc) is 2.48. The Hall–Kier alpha value is -1.41. The molecule has 1 N–H and O–H groups in total. The molecule has 0 aromatic heterocycles. The number of nitrogens with zero attached hydrogens (tertiary/aromatic N) is 2. The topological polar surface area (TPSA) is 73.2 Å². The lowest BCUT2D eigenvalue weighted by molar-refractivity contribution is -0.115. The van der Waals surface area contributed by atoms with Crippen LogP contribution in [0, 0.1) is 17.2 Å². The molecule has 5 nitrogen and oxygen atoms in total. The molecule has 0 spiro atoms. The third kappa shape index (κ3) is 1.60. The Morgan fingerprint density at radius 1 is 1.58 bits per heavy atom. The summed E-state index contributed by atoms with van der Waals surface area (Å²) in [5, 5.41) is 10.1. The first-order valence-corrected chi connectivity index (χ1v) is 3.63. The Bertz CT molecular complexity index is 223. The maximum Gasteiger partial charge on any atom is 0.221 e. The fourth-order valence-electron chi connectivity index (χ4n) is 1.30. The van der Waals surface area contributed by atoms with Crippen molar-refractivity contribution in [3.63, 3.8) is 0 Å². The molecule has 1 fully saturated rings. The number of aldehydes is 1. The van der Waals surface area contributed by atoms with Crippen LogP contribution in [0.4, 0.5) is 0 Å². The van der Waals surface area contributed by atoms with E-state index in [-0.39, 0.29) is 12.0 Å². The average molecular weight is 167 g/mol. The molecule has 0 aromatic carbocycles. The Morgan fingerprint density at radius 3 is 2.83 bits per heavy atom. The van der Waals surface area contributed by atoms with Gasteiger partial charge in [0.2, 0.25) is 6.41 Å². The zero-order valence-corrected chi connectivity index (χ0v) is 6.43. The number of nitriles is 1. The lowest BCUT2D eigenvalue weighted by Crippen LogP contribution is -2.40. The van der Waals surface area contributed by atoms with Crippen LogP contribution in [0.2, 0.25) is 0 Å². The van der Waals surface area contributed by atoms with Gasteiger partial charge in [0.05, 0.1) is 6.07 Å². The third-order valence-electron chi connectivity index (χ3n) is 1.89. The molecule has 1 aliphatic heterocycles. The van der Waals surface area contributed by atoms with Crippen LogP contribution >= 0.6 is 0 Å². The van der Waals surface area contributed by atoms with E-state index in [0.29, 0.717) is 19.4 Å². The summed E-state index contributed by atoms with van der Waals surface area (Å²) in [5.74, 6) is -0.137. The first-order valence-electron chi connectivity index (χ1n) is 3.63. The SMILES string of the molecule is N#CC1CC(C=O)CN1NC=O. The second kappa shape index (κ2) is 3.83. The molecule has 2 atom stereocenters. The number of hydrogen-bond acceptors (Lipinski definition) is 4. The number of hydrogen-bond donors (Lipinski definition) is 1. The lowest BCUT2D eigenvalue weighted by atomic mass is 10.1.